The molecule has 1 atom stereocenters. The molecule has 3 rings (SSSR count). The van der Waals surface area contributed by atoms with Gasteiger partial charge >= 0.3 is 6.18 Å². The summed E-state index contributed by atoms with van der Waals surface area (Å²) in [6.45, 7) is 0.131. The minimum Gasteiger partial charge on any atom is -0.373 e. The molecule has 10 heteroatoms. The molecule has 0 bridgehead atoms. The highest BCUT2D eigenvalue weighted by Crippen LogP contribution is 2.33. The van der Waals surface area contributed by atoms with Crippen molar-refractivity contribution in [3.63, 3.8) is 0 Å². The van der Waals surface area contributed by atoms with Crippen molar-refractivity contribution in [3.05, 3.63) is 47.3 Å². The molecular formula is C16H14F5N3O2. The summed E-state index contributed by atoms with van der Waals surface area (Å²) in [4.78, 5) is 12.9. The second-order valence-electron chi connectivity index (χ2n) is 6.19. The molecule has 2 heterocycles. The summed E-state index contributed by atoms with van der Waals surface area (Å²) in [7, 11) is 0. The van der Waals surface area contributed by atoms with Crippen LogP contribution in [0.5, 0.6) is 0 Å². The zero-order valence-corrected chi connectivity index (χ0v) is 13.5. The topological polar surface area (TPSA) is 58.4 Å². The molecule has 0 saturated heterocycles. The Labute approximate surface area is 144 Å². The second-order valence-corrected chi connectivity index (χ2v) is 6.19. The van der Waals surface area contributed by atoms with Gasteiger partial charge in [-0.15, -0.1) is 0 Å². The predicted molar refractivity (Wildman–Crippen MR) is 79.3 cm³/mol. The third kappa shape index (κ3) is 3.05. The lowest BCUT2D eigenvalue weighted by Gasteiger charge is -2.33. The van der Waals surface area contributed by atoms with Crippen LogP contribution in [0.3, 0.4) is 0 Å². The minimum atomic E-state index is -5.11. The molecule has 1 amide bonds. The van der Waals surface area contributed by atoms with Crippen molar-refractivity contribution in [3.8, 4) is 5.69 Å². The lowest BCUT2D eigenvalue weighted by Crippen LogP contribution is -2.56. The zero-order valence-electron chi connectivity index (χ0n) is 13.5. The van der Waals surface area contributed by atoms with Crippen molar-refractivity contribution in [2.45, 2.75) is 31.7 Å². The first kappa shape index (κ1) is 18.3. The third-order valence-electron chi connectivity index (χ3n) is 4.27. The van der Waals surface area contributed by atoms with Gasteiger partial charge in [-0.1, -0.05) is 0 Å². The molecule has 0 saturated carbocycles. The lowest BCUT2D eigenvalue weighted by molar-refractivity contribution is -0.250. The molecule has 1 aliphatic heterocycles. The van der Waals surface area contributed by atoms with Gasteiger partial charge in [0.1, 0.15) is 11.5 Å². The highest BCUT2D eigenvalue weighted by molar-refractivity contribution is 5.85. The minimum absolute atomic E-state index is 0.0269. The van der Waals surface area contributed by atoms with Gasteiger partial charge in [-0.25, -0.2) is 13.5 Å². The van der Waals surface area contributed by atoms with Gasteiger partial charge in [-0.3, -0.25) is 4.79 Å². The Balaban J connectivity index is 1.86. The number of hydrogen-bond donors (Lipinski definition) is 1. The van der Waals surface area contributed by atoms with Crippen LogP contribution in [0, 0.1) is 11.6 Å². The molecule has 2 aromatic rings. The van der Waals surface area contributed by atoms with Gasteiger partial charge in [0.25, 0.3) is 5.91 Å². The quantitative estimate of drug-likeness (QED) is 0.820. The maximum absolute atomic E-state index is 13.9. The molecular weight excluding hydrogens is 361 g/mol. The van der Waals surface area contributed by atoms with E-state index in [4.69, 9.17) is 0 Å². The first-order valence-electron chi connectivity index (χ1n) is 7.62. The molecule has 0 radical (unpaired) electrons. The number of carbonyl (C=O) groups is 1. The number of hydrogen-bond acceptors (Lipinski definition) is 3. The number of nitrogens with zero attached hydrogens (tertiary/aromatic N) is 3. The highest BCUT2D eigenvalue weighted by atomic mass is 19.4. The summed E-state index contributed by atoms with van der Waals surface area (Å²) in [6, 6.07) is 2.92. The number of amides is 1. The highest BCUT2D eigenvalue weighted by Gasteiger charge is 2.57. The summed E-state index contributed by atoms with van der Waals surface area (Å²) < 4.78 is 66.6. The molecule has 0 aliphatic carbocycles. The van der Waals surface area contributed by atoms with Gasteiger partial charge in [-0.2, -0.15) is 18.3 Å². The number of carbonyl (C=O) groups excluding carboxylic acids is 1. The Bertz CT molecular complexity index is 860. The normalized spacial score (nSPS) is 17.0. The third-order valence-corrected chi connectivity index (χ3v) is 4.27. The van der Waals surface area contributed by atoms with E-state index >= 15 is 0 Å². The molecule has 140 valence electrons. The van der Waals surface area contributed by atoms with Crippen molar-refractivity contribution in [2.24, 2.45) is 0 Å². The van der Waals surface area contributed by atoms with E-state index in [1.165, 1.54) is 12.3 Å². The smallest absolute Gasteiger partial charge is 0.373 e. The summed E-state index contributed by atoms with van der Waals surface area (Å²) in [6.07, 6.45) is -3.59. The summed E-state index contributed by atoms with van der Waals surface area (Å²) in [5.74, 6) is -3.07. The van der Waals surface area contributed by atoms with Gasteiger partial charge in [0.2, 0.25) is 5.60 Å². The van der Waals surface area contributed by atoms with E-state index < -0.39 is 29.3 Å². The first-order valence-corrected chi connectivity index (χ1v) is 7.62. The fraction of sp³-hybridized carbons (Fsp3) is 0.375. The van der Waals surface area contributed by atoms with Crippen molar-refractivity contribution >= 4 is 5.91 Å². The number of fused-ring (bicyclic) bond motifs is 1. The fourth-order valence-electron chi connectivity index (χ4n) is 2.71. The maximum atomic E-state index is 13.9. The van der Waals surface area contributed by atoms with E-state index in [0.29, 0.717) is 24.2 Å². The van der Waals surface area contributed by atoms with E-state index in [1.807, 2.05) is 0 Å². The van der Waals surface area contributed by atoms with E-state index in [0.717, 1.165) is 15.6 Å². The summed E-state index contributed by atoms with van der Waals surface area (Å²) >= 11 is 0. The number of aliphatic hydroxyl groups is 1. The average Bonchev–Trinajstić information content (AvgIpc) is 2.95. The Kier molecular flexibility index (Phi) is 4.26. The predicted octanol–water partition coefficient (Wildman–Crippen LogP) is 2.35. The van der Waals surface area contributed by atoms with Crippen LogP contribution >= 0.6 is 0 Å². The zero-order chi connectivity index (χ0) is 19.3. The Hall–Kier alpha value is -2.49. The summed E-state index contributed by atoms with van der Waals surface area (Å²) in [5, 5.41) is 13.7. The van der Waals surface area contributed by atoms with E-state index in [2.05, 4.69) is 5.10 Å². The average molecular weight is 375 g/mol. The number of alkyl halides is 3. The van der Waals surface area contributed by atoms with Crippen LogP contribution in [0.2, 0.25) is 0 Å². The summed E-state index contributed by atoms with van der Waals surface area (Å²) in [5.41, 5.74) is -2.61. The van der Waals surface area contributed by atoms with Gasteiger partial charge in [0, 0.05) is 37.3 Å². The Morgan fingerprint density at radius 1 is 1.27 bits per heavy atom. The number of halogens is 5. The van der Waals surface area contributed by atoms with Crippen LogP contribution in [0.4, 0.5) is 22.0 Å². The van der Waals surface area contributed by atoms with Crippen LogP contribution in [-0.4, -0.2) is 44.0 Å². The van der Waals surface area contributed by atoms with E-state index in [1.54, 1.807) is 0 Å². The molecule has 0 fully saturated rings. The molecule has 1 N–H and O–H groups in total. The van der Waals surface area contributed by atoms with Crippen molar-refractivity contribution in [2.75, 3.05) is 6.54 Å². The molecule has 26 heavy (non-hydrogen) atoms. The van der Waals surface area contributed by atoms with Crippen LogP contribution in [0.15, 0.2) is 24.4 Å². The Morgan fingerprint density at radius 3 is 2.58 bits per heavy atom. The lowest BCUT2D eigenvalue weighted by atomic mass is 10.0. The largest absolute Gasteiger partial charge is 0.426 e. The Morgan fingerprint density at radius 2 is 1.96 bits per heavy atom. The van der Waals surface area contributed by atoms with E-state index in [-0.39, 0.29) is 25.2 Å². The molecule has 5 nitrogen and oxygen atoms in total. The number of benzene rings is 1. The molecule has 0 unspecified atom stereocenters. The van der Waals surface area contributed by atoms with Crippen LogP contribution < -0.4 is 0 Å². The van der Waals surface area contributed by atoms with Gasteiger partial charge < -0.3 is 10.0 Å². The van der Waals surface area contributed by atoms with Gasteiger partial charge in [0.05, 0.1) is 5.69 Å². The molecule has 1 aromatic carbocycles. The standard InChI is InChI=1S/C16H14F5N3O2/c1-15(26,16(19,20)21)14(25)23-5-4-12-9(7-23)8-24(22-12)13-3-2-10(17)6-11(13)18/h2-3,6,8,26H,4-5,7H2,1H3/t15-/m1/s1. The van der Waals surface area contributed by atoms with Gasteiger partial charge in [-0.05, 0) is 19.1 Å². The van der Waals surface area contributed by atoms with Crippen LogP contribution in [0.1, 0.15) is 18.2 Å². The van der Waals surface area contributed by atoms with Crippen LogP contribution in [0.25, 0.3) is 5.69 Å². The second kappa shape index (κ2) is 6.04. The van der Waals surface area contributed by atoms with Crippen molar-refractivity contribution < 1.29 is 31.9 Å². The first-order chi connectivity index (χ1) is 12.0. The van der Waals surface area contributed by atoms with Crippen molar-refractivity contribution in [1.29, 1.82) is 0 Å². The fourth-order valence-corrected chi connectivity index (χ4v) is 2.71. The maximum Gasteiger partial charge on any atom is 0.426 e. The molecule has 0 spiro atoms. The molecule has 1 aromatic heterocycles. The van der Waals surface area contributed by atoms with Gasteiger partial charge in [0.15, 0.2) is 5.82 Å². The van der Waals surface area contributed by atoms with E-state index in [9.17, 15) is 31.9 Å². The molecule has 1 aliphatic rings. The van der Waals surface area contributed by atoms with Crippen LogP contribution in [-0.2, 0) is 17.8 Å². The monoisotopic (exact) mass is 375 g/mol. The SMILES string of the molecule is C[C@@](O)(C(=O)N1CCc2nn(-c3ccc(F)cc3F)cc2C1)C(F)(F)F. The van der Waals surface area contributed by atoms with Crippen molar-refractivity contribution in [1.82, 2.24) is 14.7 Å². The number of rotatable bonds is 2. The number of aromatic nitrogens is 2.